The van der Waals surface area contributed by atoms with Gasteiger partial charge < -0.3 is 14.7 Å². The number of rotatable bonds is 5. The molecule has 2 rings (SSSR count). The standard InChI is InChI=1S/C16H21NO4/c1-10(2)21-14-6-4-5-12(7-14)15(18)17-8-13(9-17)11(3)16(19)20/h4-7,10-11,13H,8-9H2,1-3H3,(H,19,20). The van der Waals surface area contributed by atoms with Gasteiger partial charge in [0.2, 0.25) is 0 Å². The van der Waals surface area contributed by atoms with Crippen LogP contribution in [0.5, 0.6) is 5.75 Å². The molecule has 0 aromatic heterocycles. The lowest BCUT2D eigenvalue weighted by Crippen LogP contribution is -2.53. The molecule has 1 N–H and O–H groups in total. The zero-order valence-corrected chi connectivity index (χ0v) is 12.6. The van der Waals surface area contributed by atoms with Gasteiger partial charge in [0.1, 0.15) is 5.75 Å². The zero-order chi connectivity index (χ0) is 15.6. The number of carboxylic acids is 1. The largest absolute Gasteiger partial charge is 0.491 e. The van der Waals surface area contributed by atoms with Crippen LogP contribution in [0.2, 0.25) is 0 Å². The number of benzene rings is 1. The van der Waals surface area contributed by atoms with E-state index in [9.17, 15) is 9.59 Å². The highest BCUT2D eigenvalue weighted by Crippen LogP contribution is 2.26. The summed E-state index contributed by atoms with van der Waals surface area (Å²) in [7, 11) is 0. The third-order valence-electron chi connectivity index (χ3n) is 3.75. The molecule has 0 bridgehead atoms. The lowest BCUT2D eigenvalue weighted by atomic mass is 9.86. The first-order chi connectivity index (χ1) is 9.88. The van der Waals surface area contributed by atoms with Crippen molar-refractivity contribution in [2.24, 2.45) is 11.8 Å². The number of hydrogen-bond donors (Lipinski definition) is 1. The van der Waals surface area contributed by atoms with Crippen LogP contribution in [-0.2, 0) is 4.79 Å². The number of aliphatic carboxylic acids is 1. The molecule has 0 spiro atoms. The van der Waals surface area contributed by atoms with E-state index in [0.29, 0.717) is 24.4 Å². The summed E-state index contributed by atoms with van der Waals surface area (Å²) < 4.78 is 5.58. The number of nitrogens with zero attached hydrogens (tertiary/aromatic N) is 1. The molecule has 1 unspecified atom stereocenters. The molecule has 114 valence electrons. The van der Waals surface area contributed by atoms with Crippen molar-refractivity contribution in [2.75, 3.05) is 13.1 Å². The van der Waals surface area contributed by atoms with Crippen molar-refractivity contribution in [1.29, 1.82) is 0 Å². The molecule has 21 heavy (non-hydrogen) atoms. The minimum atomic E-state index is -0.806. The Morgan fingerprint density at radius 2 is 1.95 bits per heavy atom. The van der Waals surface area contributed by atoms with Gasteiger partial charge in [-0.15, -0.1) is 0 Å². The van der Waals surface area contributed by atoms with Gasteiger partial charge in [-0.05, 0) is 32.0 Å². The van der Waals surface area contributed by atoms with Gasteiger partial charge in [-0.1, -0.05) is 13.0 Å². The maximum absolute atomic E-state index is 12.3. The van der Waals surface area contributed by atoms with Crippen LogP contribution in [0.1, 0.15) is 31.1 Å². The summed E-state index contributed by atoms with van der Waals surface area (Å²) in [5, 5.41) is 8.96. The molecule has 5 heteroatoms. The molecular formula is C16H21NO4. The van der Waals surface area contributed by atoms with E-state index in [1.54, 1.807) is 30.0 Å². The van der Waals surface area contributed by atoms with E-state index in [2.05, 4.69) is 0 Å². The molecule has 0 aliphatic carbocycles. The highest BCUT2D eigenvalue weighted by atomic mass is 16.5. The summed E-state index contributed by atoms with van der Waals surface area (Å²) >= 11 is 0. The van der Waals surface area contributed by atoms with Crippen LogP contribution in [0, 0.1) is 11.8 Å². The van der Waals surface area contributed by atoms with Crippen molar-refractivity contribution in [3.63, 3.8) is 0 Å². The number of likely N-dealkylation sites (tertiary alicyclic amines) is 1. The fourth-order valence-electron chi connectivity index (χ4n) is 2.35. The minimum Gasteiger partial charge on any atom is -0.491 e. The molecule has 1 aromatic rings. The fraction of sp³-hybridized carbons (Fsp3) is 0.500. The number of carbonyl (C=O) groups is 2. The summed E-state index contributed by atoms with van der Waals surface area (Å²) in [6.07, 6.45) is 0.0557. The van der Waals surface area contributed by atoms with E-state index in [1.165, 1.54) is 0 Å². The second-order valence-electron chi connectivity index (χ2n) is 5.79. The highest BCUT2D eigenvalue weighted by Gasteiger charge is 2.37. The molecule has 5 nitrogen and oxygen atoms in total. The SMILES string of the molecule is CC(C)Oc1cccc(C(=O)N2CC(C(C)C(=O)O)C2)c1. The molecule has 0 saturated carbocycles. The molecule has 1 amide bonds. The fourth-order valence-corrected chi connectivity index (χ4v) is 2.35. The van der Waals surface area contributed by atoms with E-state index in [4.69, 9.17) is 9.84 Å². The van der Waals surface area contributed by atoms with Crippen LogP contribution < -0.4 is 4.74 Å². The van der Waals surface area contributed by atoms with Crippen LogP contribution >= 0.6 is 0 Å². The van der Waals surface area contributed by atoms with Crippen molar-refractivity contribution >= 4 is 11.9 Å². The summed E-state index contributed by atoms with van der Waals surface area (Å²) in [4.78, 5) is 24.9. The molecule has 1 aliphatic heterocycles. The Bertz CT molecular complexity index is 535. The van der Waals surface area contributed by atoms with Crippen LogP contribution in [0.25, 0.3) is 0 Å². The number of hydrogen-bond acceptors (Lipinski definition) is 3. The molecule has 1 saturated heterocycles. The van der Waals surface area contributed by atoms with Gasteiger partial charge in [0.15, 0.2) is 0 Å². The Morgan fingerprint density at radius 3 is 2.52 bits per heavy atom. The summed E-state index contributed by atoms with van der Waals surface area (Å²) in [6, 6.07) is 7.10. The molecule has 0 radical (unpaired) electrons. The van der Waals surface area contributed by atoms with Crippen molar-refractivity contribution in [3.05, 3.63) is 29.8 Å². The molecule has 1 aromatic carbocycles. The van der Waals surface area contributed by atoms with Gasteiger partial charge in [-0.25, -0.2) is 0 Å². The maximum atomic E-state index is 12.3. The van der Waals surface area contributed by atoms with E-state index in [-0.39, 0.29) is 17.9 Å². The Hall–Kier alpha value is -2.04. The first-order valence-electron chi connectivity index (χ1n) is 7.17. The molecule has 1 aliphatic rings. The van der Waals surface area contributed by atoms with Gasteiger partial charge in [0.05, 0.1) is 12.0 Å². The van der Waals surface area contributed by atoms with Crippen LogP contribution in [0.15, 0.2) is 24.3 Å². The van der Waals surface area contributed by atoms with Crippen LogP contribution in [0.3, 0.4) is 0 Å². The number of amides is 1. The summed E-state index contributed by atoms with van der Waals surface area (Å²) in [5.74, 6) is -0.574. The number of ether oxygens (including phenoxy) is 1. The third kappa shape index (κ3) is 3.54. The minimum absolute atomic E-state index is 0.0431. The van der Waals surface area contributed by atoms with Crippen molar-refractivity contribution in [3.8, 4) is 5.75 Å². The van der Waals surface area contributed by atoms with Crippen molar-refractivity contribution in [1.82, 2.24) is 4.90 Å². The Balaban J connectivity index is 1.98. The number of carboxylic acid groups (broad SMARTS) is 1. The maximum Gasteiger partial charge on any atom is 0.306 e. The quantitative estimate of drug-likeness (QED) is 0.903. The molecule has 1 heterocycles. The average Bonchev–Trinajstić information content (AvgIpc) is 2.36. The average molecular weight is 291 g/mol. The lowest BCUT2D eigenvalue weighted by molar-refractivity contribution is -0.144. The Morgan fingerprint density at radius 1 is 1.29 bits per heavy atom. The predicted molar refractivity (Wildman–Crippen MR) is 78.4 cm³/mol. The van der Waals surface area contributed by atoms with Crippen molar-refractivity contribution < 1.29 is 19.4 Å². The Kier molecular flexibility index (Phi) is 4.50. The normalized spacial score (nSPS) is 16.5. The van der Waals surface area contributed by atoms with Crippen LogP contribution in [-0.4, -0.2) is 41.1 Å². The van der Waals surface area contributed by atoms with Gasteiger partial charge in [0, 0.05) is 24.6 Å². The molecule has 1 atom stereocenters. The smallest absolute Gasteiger partial charge is 0.306 e. The highest BCUT2D eigenvalue weighted by molar-refractivity contribution is 5.95. The monoisotopic (exact) mass is 291 g/mol. The first kappa shape index (κ1) is 15.4. The summed E-state index contributed by atoms with van der Waals surface area (Å²) in [6.45, 7) is 6.55. The molecule has 1 fully saturated rings. The topological polar surface area (TPSA) is 66.8 Å². The van der Waals surface area contributed by atoms with E-state index in [0.717, 1.165) is 0 Å². The third-order valence-corrected chi connectivity index (χ3v) is 3.75. The van der Waals surface area contributed by atoms with E-state index < -0.39 is 11.9 Å². The second kappa shape index (κ2) is 6.16. The first-order valence-corrected chi connectivity index (χ1v) is 7.17. The Labute approximate surface area is 124 Å². The van der Waals surface area contributed by atoms with Gasteiger partial charge in [0.25, 0.3) is 5.91 Å². The molecular weight excluding hydrogens is 270 g/mol. The van der Waals surface area contributed by atoms with E-state index >= 15 is 0 Å². The second-order valence-corrected chi connectivity index (χ2v) is 5.79. The summed E-state index contributed by atoms with van der Waals surface area (Å²) in [5.41, 5.74) is 0.578. The zero-order valence-electron chi connectivity index (χ0n) is 12.6. The van der Waals surface area contributed by atoms with Gasteiger partial charge in [-0.3, -0.25) is 9.59 Å². The predicted octanol–water partition coefficient (Wildman–Crippen LogP) is 2.27. The number of carbonyl (C=O) groups excluding carboxylic acids is 1. The lowest BCUT2D eigenvalue weighted by Gasteiger charge is -2.41. The van der Waals surface area contributed by atoms with Crippen molar-refractivity contribution in [2.45, 2.75) is 26.9 Å². The van der Waals surface area contributed by atoms with Gasteiger partial charge >= 0.3 is 5.97 Å². The van der Waals surface area contributed by atoms with Crippen LogP contribution in [0.4, 0.5) is 0 Å². The van der Waals surface area contributed by atoms with E-state index in [1.807, 2.05) is 19.9 Å². The van der Waals surface area contributed by atoms with Gasteiger partial charge in [-0.2, -0.15) is 0 Å².